The van der Waals surface area contributed by atoms with Gasteiger partial charge in [0.25, 0.3) is 0 Å². The van der Waals surface area contributed by atoms with Crippen LogP contribution in [0.1, 0.15) is 36.6 Å². The van der Waals surface area contributed by atoms with Crippen molar-refractivity contribution < 1.29 is 38.1 Å². The standard InChI is InChI=1S/C15H11BrO4.C12H11NO4S/c1-8-12(14(17)18)6-10(7-13(8)15(19)20)9-2-4-11(16)5-3-9;1-18(16,17)11-4-2-3-10(7-11)13-6-5-9(8-13)12(14)15/h2-7H,1H3,(H,17,18)(H,19,20);2-8H,1H3,(H,14,15). The van der Waals surface area contributed by atoms with Crippen LogP contribution in [0.15, 0.2) is 88.5 Å². The van der Waals surface area contributed by atoms with E-state index in [1.54, 1.807) is 35.0 Å². The third-order valence-electron chi connectivity index (χ3n) is 5.53. The summed E-state index contributed by atoms with van der Waals surface area (Å²) in [5.74, 6) is -3.29. The minimum absolute atomic E-state index is 0.00261. The molecule has 0 unspecified atom stereocenters. The first-order valence-electron chi connectivity index (χ1n) is 10.9. The number of aromatic nitrogens is 1. The fourth-order valence-electron chi connectivity index (χ4n) is 3.53. The summed E-state index contributed by atoms with van der Waals surface area (Å²) in [6, 6.07) is 18.0. The number of halogens is 1. The number of sulfone groups is 1. The Morgan fingerprint density at radius 2 is 1.37 bits per heavy atom. The maximum Gasteiger partial charge on any atom is 0.337 e. The summed E-state index contributed by atoms with van der Waals surface area (Å²) in [7, 11) is -3.27. The molecule has 0 radical (unpaired) electrons. The first kappa shape index (κ1) is 28.4. The molecule has 4 aromatic rings. The van der Waals surface area contributed by atoms with E-state index in [1.165, 1.54) is 43.5 Å². The van der Waals surface area contributed by atoms with E-state index in [2.05, 4.69) is 15.9 Å². The van der Waals surface area contributed by atoms with Crippen molar-refractivity contribution in [3.63, 3.8) is 0 Å². The molecule has 1 aromatic heterocycles. The zero-order valence-electron chi connectivity index (χ0n) is 20.1. The molecule has 1 heterocycles. The molecule has 0 spiro atoms. The topological polar surface area (TPSA) is 151 Å². The van der Waals surface area contributed by atoms with Crippen LogP contribution < -0.4 is 0 Å². The molecule has 4 rings (SSSR count). The number of hydrogen-bond donors (Lipinski definition) is 3. The number of carbonyl (C=O) groups is 3. The predicted octanol–water partition coefficient (Wildman–Crippen LogP) is 5.40. The highest BCUT2D eigenvalue weighted by Crippen LogP contribution is 2.27. The number of rotatable bonds is 6. The van der Waals surface area contributed by atoms with Crippen molar-refractivity contribution in [3.05, 3.63) is 106 Å². The van der Waals surface area contributed by atoms with Gasteiger partial charge in [-0.15, -0.1) is 0 Å². The minimum atomic E-state index is -3.27. The number of benzene rings is 3. The van der Waals surface area contributed by atoms with E-state index >= 15 is 0 Å². The van der Waals surface area contributed by atoms with Gasteiger partial charge < -0.3 is 19.9 Å². The van der Waals surface area contributed by atoms with Gasteiger partial charge >= 0.3 is 17.9 Å². The van der Waals surface area contributed by atoms with E-state index in [4.69, 9.17) is 5.11 Å². The van der Waals surface area contributed by atoms with E-state index in [1.807, 2.05) is 12.1 Å². The average molecular weight is 600 g/mol. The fraction of sp³-hybridized carbons (Fsp3) is 0.0741. The van der Waals surface area contributed by atoms with Crippen molar-refractivity contribution in [1.29, 1.82) is 0 Å². The molecule has 0 aliphatic carbocycles. The molecule has 38 heavy (non-hydrogen) atoms. The largest absolute Gasteiger partial charge is 0.478 e. The van der Waals surface area contributed by atoms with Crippen molar-refractivity contribution in [2.75, 3.05) is 6.26 Å². The molecule has 3 aromatic carbocycles. The van der Waals surface area contributed by atoms with Crippen molar-refractivity contribution >= 4 is 43.7 Å². The number of carboxylic acids is 3. The molecule has 3 N–H and O–H groups in total. The van der Waals surface area contributed by atoms with Gasteiger partial charge in [0.15, 0.2) is 9.84 Å². The van der Waals surface area contributed by atoms with Crippen molar-refractivity contribution in [3.8, 4) is 16.8 Å². The van der Waals surface area contributed by atoms with Crippen LogP contribution in [-0.4, -0.2) is 52.5 Å². The monoisotopic (exact) mass is 599 g/mol. The zero-order valence-corrected chi connectivity index (χ0v) is 22.5. The Bertz CT molecular complexity index is 1600. The molecule has 0 fully saturated rings. The third kappa shape index (κ3) is 6.75. The lowest BCUT2D eigenvalue weighted by Gasteiger charge is -2.10. The lowest BCUT2D eigenvalue weighted by molar-refractivity contribution is 0.0681. The van der Waals surface area contributed by atoms with Crippen molar-refractivity contribution in [2.45, 2.75) is 11.8 Å². The maximum atomic E-state index is 11.4. The maximum absolute atomic E-state index is 11.4. The molecular formula is C27H22BrNO8S. The van der Waals surface area contributed by atoms with Gasteiger partial charge in [-0.05, 0) is 72.1 Å². The van der Waals surface area contributed by atoms with Gasteiger partial charge in [-0.3, -0.25) is 0 Å². The zero-order chi connectivity index (χ0) is 28.2. The Labute approximate surface area is 226 Å². The number of carboxylic acid groups (broad SMARTS) is 3. The van der Waals surface area contributed by atoms with Crippen LogP contribution in [0.5, 0.6) is 0 Å². The molecule has 0 saturated carbocycles. The van der Waals surface area contributed by atoms with Gasteiger partial charge in [-0.25, -0.2) is 22.8 Å². The summed E-state index contributed by atoms with van der Waals surface area (Å²) in [6.07, 6.45) is 4.14. The highest BCUT2D eigenvalue weighted by atomic mass is 79.9. The molecule has 0 saturated heterocycles. The molecule has 0 aliphatic heterocycles. The van der Waals surface area contributed by atoms with E-state index in [0.29, 0.717) is 11.3 Å². The SMILES string of the molecule is CS(=O)(=O)c1cccc(-n2ccc(C(=O)O)c2)c1.Cc1c(C(=O)O)cc(-c2ccc(Br)cc2)cc1C(=O)O. The Balaban J connectivity index is 0.000000212. The lowest BCUT2D eigenvalue weighted by Crippen LogP contribution is -2.07. The highest BCUT2D eigenvalue weighted by Gasteiger charge is 2.17. The van der Waals surface area contributed by atoms with E-state index in [-0.39, 0.29) is 27.1 Å². The van der Waals surface area contributed by atoms with Gasteiger partial charge in [-0.2, -0.15) is 0 Å². The summed E-state index contributed by atoms with van der Waals surface area (Å²) in [5.41, 5.74) is 2.35. The Morgan fingerprint density at radius 1 is 0.789 bits per heavy atom. The quantitative estimate of drug-likeness (QED) is 0.266. The molecule has 0 bridgehead atoms. The normalized spacial score (nSPS) is 10.8. The summed E-state index contributed by atoms with van der Waals surface area (Å²) in [6.45, 7) is 1.50. The second-order valence-corrected chi connectivity index (χ2v) is 11.1. The predicted molar refractivity (Wildman–Crippen MR) is 144 cm³/mol. The smallest absolute Gasteiger partial charge is 0.337 e. The van der Waals surface area contributed by atoms with Crippen LogP contribution in [-0.2, 0) is 9.84 Å². The summed E-state index contributed by atoms with van der Waals surface area (Å²) in [4.78, 5) is 33.4. The summed E-state index contributed by atoms with van der Waals surface area (Å²) < 4.78 is 25.3. The Morgan fingerprint density at radius 3 is 1.84 bits per heavy atom. The number of hydrogen-bond acceptors (Lipinski definition) is 5. The van der Waals surface area contributed by atoms with Crippen molar-refractivity contribution in [1.82, 2.24) is 4.57 Å². The van der Waals surface area contributed by atoms with Gasteiger partial charge in [-0.1, -0.05) is 34.1 Å². The third-order valence-corrected chi connectivity index (χ3v) is 7.17. The van der Waals surface area contributed by atoms with Gasteiger partial charge in [0.2, 0.25) is 0 Å². The summed E-state index contributed by atoms with van der Waals surface area (Å²) in [5, 5.41) is 27.2. The fourth-order valence-corrected chi connectivity index (χ4v) is 4.45. The van der Waals surface area contributed by atoms with E-state index in [9.17, 15) is 33.0 Å². The molecular weight excluding hydrogens is 578 g/mol. The lowest BCUT2D eigenvalue weighted by atomic mass is 9.95. The average Bonchev–Trinajstić information content (AvgIpc) is 3.35. The Kier molecular flexibility index (Phi) is 8.54. The van der Waals surface area contributed by atoms with E-state index in [0.717, 1.165) is 16.3 Å². The van der Waals surface area contributed by atoms with Crippen molar-refractivity contribution in [2.24, 2.45) is 0 Å². The van der Waals surface area contributed by atoms with E-state index < -0.39 is 27.7 Å². The molecule has 196 valence electrons. The summed E-state index contributed by atoms with van der Waals surface area (Å²) >= 11 is 3.32. The van der Waals surface area contributed by atoms with Crippen LogP contribution in [0.25, 0.3) is 16.8 Å². The van der Waals surface area contributed by atoms with Crippen LogP contribution >= 0.6 is 15.9 Å². The van der Waals surface area contributed by atoms with Gasteiger partial charge in [0, 0.05) is 28.8 Å². The molecule has 0 atom stereocenters. The molecule has 11 heteroatoms. The minimum Gasteiger partial charge on any atom is -0.478 e. The van der Waals surface area contributed by atoms with Gasteiger partial charge in [0.1, 0.15) is 0 Å². The van der Waals surface area contributed by atoms with Gasteiger partial charge in [0.05, 0.1) is 21.6 Å². The van der Waals surface area contributed by atoms with Crippen LogP contribution in [0.3, 0.4) is 0 Å². The first-order valence-corrected chi connectivity index (χ1v) is 13.6. The first-order chi connectivity index (χ1) is 17.8. The molecule has 0 amide bonds. The number of nitrogens with zero attached hydrogens (tertiary/aromatic N) is 1. The number of aromatic carboxylic acids is 3. The molecule has 9 nitrogen and oxygen atoms in total. The van der Waals surface area contributed by atoms with Crippen LogP contribution in [0.2, 0.25) is 0 Å². The molecule has 0 aliphatic rings. The Hall–Kier alpha value is -4.22. The second kappa shape index (κ2) is 11.4. The van der Waals surface area contributed by atoms with Crippen LogP contribution in [0, 0.1) is 6.92 Å². The second-order valence-electron chi connectivity index (χ2n) is 8.20. The van der Waals surface area contributed by atoms with Crippen LogP contribution in [0.4, 0.5) is 0 Å². The highest BCUT2D eigenvalue weighted by molar-refractivity contribution is 9.10.